The van der Waals surface area contributed by atoms with E-state index in [1.807, 2.05) is 30.3 Å². The summed E-state index contributed by atoms with van der Waals surface area (Å²) in [6.07, 6.45) is 0. The molecule has 3 nitrogen and oxygen atoms in total. The molecule has 0 heterocycles. The number of hydrogen-bond donors (Lipinski definition) is 1. The van der Waals surface area contributed by atoms with Crippen molar-refractivity contribution in [3.05, 3.63) is 52.0 Å². The van der Waals surface area contributed by atoms with Crippen LogP contribution in [0.4, 0.5) is 5.69 Å². The van der Waals surface area contributed by atoms with Crippen LogP contribution < -0.4 is 14.8 Å². The Bertz CT molecular complexity index is 602. The van der Waals surface area contributed by atoms with Gasteiger partial charge in [0.2, 0.25) is 0 Å². The van der Waals surface area contributed by atoms with E-state index in [2.05, 4.69) is 5.32 Å². The summed E-state index contributed by atoms with van der Waals surface area (Å²) in [5.41, 5.74) is 1.79. The molecule has 0 radical (unpaired) electrons. The lowest BCUT2D eigenvalue weighted by Gasteiger charge is -2.13. The van der Waals surface area contributed by atoms with Crippen LogP contribution in [0.1, 0.15) is 5.56 Å². The summed E-state index contributed by atoms with van der Waals surface area (Å²) in [4.78, 5) is 0. The van der Waals surface area contributed by atoms with Gasteiger partial charge < -0.3 is 14.8 Å². The van der Waals surface area contributed by atoms with E-state index in [-0.39, 0.29) is 0 Å². The third-order valence-corrected chi connectivity index (χ3v) is 3.77. The van der Waals surface area contributed by atoms with Gasteiger partial charge in [-0.15, -0.1) is 0 Å². The number of methoxy groups -OCH3 is 2. The molecule has 1 N–H and O–H groups in total. The van der Waals surface area contributed by atoms with E-state index in [9.17, 15) is 0 Å². The van der Waals surface area contributed by atoms with Crippen LogP contribution in [-0.2, 0) is 6.54 Å². The van der Waals surface area contributed by atoms with Crippen molar-refractivity contribution in [3.63, 3.8) is 0 Å². The lowest BCUT2D eigenvalue weighted by molar-refractivity contribution is 0.395. The third kappa shape index (κ3) is 3.30. The van der Waals surface area contributed by atoms with Crippen molar-refractivity contribution in [1.82, 2.24) is 0 Å². The van der Waals surface area contributed by atoms with E-state index in [0.29, 0.717) is 22.3 Å². The average Bonchev–Trinajstić information content (AvgIpc) is 2.48. The Morgan fingerprint density at radius 1 is 1.05 bits per heavy atom. The molecule has 0 aliphatic carbocycles. The van der Waals surface area contributed by atoms with Crippen molar-refractivity contribution in [3.8, 4) is 11.5 Å². The summed E-state index contributed by atoms with van der Waals surface area (Å²) in [7, 11) is 3.24. The van der Waals surface area contributed by atoms with E-state index in [4.69, 9.17) is 32.7 Å². The van der Waals surface area contributed by atoms with Gasteiger partial charge in [-0.1, -0.05) is 35.3 Å². The Morgan fingerprint density at radius 2 is 1.85 bits per heavy atom. The molecule has 2 aromatic carbocycles. The van der Waals surface area contributed by atoms with Crippen LogP contribution in [0.3, 0.4) is 0 Å². The Labute approximate surface area is 128 Å². The molecule has 0 aliphatic heterocycles. The van der Waals surface area contributed by atoms with E-state index in [0.717, 1.165) is 17.0 Å². The molecule has 106 valence electrons. The average molecular weight is 312 g/mol. The summed E-state index contributed by atoms with van der Waals surface area (Å²) in [5.74, 6) is 1.45. The van der Waals surface area contributed by atoms with Crippen LogP contribution in [0.15, 0.2) is 36.4 Å². The van der Waals surface area contributed by atoms with Gasteiger partial charge in [0.05, 0.1) is 30.0 Å². The SMILES string of the molecule is COc1ccc(NCc2cccc(Cl)c2Cl)c(OC)c1. The summed E-state index contributed by atoms with van der Waals surface area (Å²) < 4.78 is 10.5. The fourth-order valence-corrected chi connectivity index (χ4v) is 2.21. The van der Waals surface area contributed by atoms with E-state index >= 15 is 0 Å². The number of anilines is 1. The maximum atomic E-state index is 6.16. The number of rotatable bonds is 5. The summed E-state index contributed by atoms with van der Waals surface area (Å²) in [6, 6.07) is 11.2. The second-order valence-corrected chi connectivity index (χ2v) is 4.92. The predicted octanol–water partition coefficient (Wildman–Crippen LogP) is 4.62. The monoisotopic (exact) mass is 311 g/mol. The van der Waals surface area contributed by atoms with Gasteiger partial charge in [0.25, 0.3) is 0 Å². The molecule has 0 aliphatic rings. The van der Waals surface area contributed by atoms with Crippen molar-refractivity contribution in [1.29, 1.82) is 0 Å². The molecule has 0 atom stereocenters. The smallest absolute Gasteiger partial charge is 0.145 e. The lowest BCUT2D eigenvalue weighted by Crippen LogP contribution is -2.02. The Kier molecular flexibility index (Phi) is 4.99. The maximum Gasteiger partial charge on any atom is 0.145 e. The predicted molar refractivity (Wildman–Crippen MR) is 83.3 cm³/mol. The minimum atomic E-state index is 0.549. The largest absolute Gasteiger partial charge is 0.497 e. The van der Waals surface area contributed by atoms with Gasteiger partial charge in [-0.2, -0.15) is 0 Å². The lowest BCUT2D eigenvalue weighted by atomic mass is 10.2. The van der Waals surface area contributed by atoms with Crippen molar-refractivity contribution >= 4 is 28.9 Å². The standard InChI is InChI=1S/C15H15Cl2NO2/c1-19-11-6-7-13(14(8-11)20-2)18-9-10-4-3-5-12(16)15(10)17/h3-8,18H,9H2,1-2H3. The zero-order valence-corrected chi connectivity index (χ0v) is 12.8. The number of halogens is 2. The van der Waals surface area contributed by atoms with E-state index < -0.39 is 0 Å². The van der Waals surface area contributed by atoms with E-state index in [1.54, 1.807) is 20.3 Å². The summed E-state index contributed by atoms with van der Waals surface area (Å²) in [6.45, 7) is 0.558. The highest BCUT2D eigenvalue weighted by atomic mass is 35.5. The molecular formula is C15H15Cl2NO2. The quantitative estimate of drug-likeness (QED) is 0.873. The van der Waals surface area contributed by atoms with Crippen molar-refractivity contribution in [2.45, 2.75) is 6.54 Å². The first-order chi connectivity index (χ1) is 9.65. The molecule has 0 saturated heterocycles. The van der Waals surface area contributed by atoms with Crippen LogP contribution in [0, 0.1) is 0 Å². The summed E-state index contributed by atoms with van der Waals surface area (Å²) in [5, 5.41) is 4.39. The first kappa shape index (κ1) is 14.8. The number of benzene rings is 2. The molecule has 0 unspecified atom stereocenters. The maximum absolute atomic E-state index is 6.16. The van der Waals surface area contributed by atoms with Gasteiger partial charge >= 0.3 is 0 Å². The molecular weight excluding hydrogens is 297 g/mol. The normalized spacial score (nSPS) is 10.2. The highest BCUT2D eigenvalue weighted by Gasteiger charge is 2.07. The van der Waals surface area contributed by atoms with Gasteiger partial charge in [-0.25, -0.2) is 0 Å². The highest BCUT2D eigenvalue weighted by Crippen LogP contribution is 2.31. The van der Waals surface area contributed by atoms with Gasteiger partial charge in [0, 0.05) is 12.6 Å². The van der Waals surface area contributed by atoms with Gasteiger partial charge in [-0.3, -0.25) is 0 Å². The van der Waals surface area contributed by atoms with Crippen molar-refractivity contribution in [2.24, 2.45) is 0 Å². The topological polar surface area (TPSA) is 30.5 Å². The molecule has 0 amide bonds. The molecule has 2 aromatic rings. The van der Waals surface area contributed by atoms with Crippen molar-refractivity contribution in [2.75, 3.05) is 19.5 Å². The molecule has 0 saturated carbocycles. The van der Waals surface area contributed by atoms with Gasteiger partial charge in [0.15, 0.2) is 0 Å². The molecule has 0 bridgehead atoms. The van der Waals surface area contributed by atoms with Crippen LogP contribution >= 0.6 is 23.2 Å². The second-order valence-electron chi connectivity index (χ2n) is 4.13. The first-order valence-corrected chi connectivity index (χ1v) is 6.80. The van der Waals surface area contributed by atoms with Gasteiger partial charge in [0.1, 0.15) is 11.5 Å². The second kappa shape index (κ2) is 6.73. The highest BCUT2D eigenvalue weighted by molar-refractivity contribution is 6.42. The van der Waals surface area contributed by atoms with E-state index in [1.165, 1.54) is 0 Å². The fourth-order valence-electron chi connectivity index (χ4n) is 1.82. The Morgan fingerprint density at radius 3 is 2.55 bits per heavy atom. The third-order valence-electron chi connectivity index (χ3n) is 2.91. The van der Waals surface area contributed by atoms with Crippen LogP contribution in [0.2, 0.25) is 10.0 Å². The molecule has 2 rings (SSSR count). The molecule has 5 heteroatoms. The molecule has 0 aromatic heterocycles. The van der Waals surface area contributed by atoms with Crippen LogP contribution in [0.25, 0.3) is 0 Å². The van der Waals surface area contributed by atoms with Crippen molar-refractivity contribution < 1.29 is 9.47 Å². The zero-order valence-electron chi connectivity index (χ0n) is 11.2. The first-order valence-electron chi connectivity index (χ1n) is 6.04. The van der Waals surface area contributed by atoms with Crippen LogP contribution in [-0.4, -0.2) is 14.2 Å². The number of ether oxygens (including phenoxy) is 2. The zero-order chi connectivity index (χ0) is 14.5. The Hall–Kier alpha value is -1.58. The van der Waals surface area contributed by atoms with Gasteiger partial charge in [-0.05, 0) is 23.8 Å². The summed E-state index contributed by atoms with van der Waals surface area (Å²) >= 11 is 12.2. The fraction of sp³-hybridized carbons (Fsp3) is 0.200. The molecule has 0 spiro atoms. The minimum absolute atomic E-state index is 0.549. The van der Waals surface area contributed by atoms with Crippen LogP contribution in [0.5, 0.6) is 11.5 Å². The Balaban J connectivity index is 2.16. The molecule has 20 heavy (non-hydrogen) atoms. The number of hydrogen-bond acceptors (Lipinski definition) is 3. The number of nitrogens with one attached hydrogen (secondary N) is 1. The minimum Gasteiger partial charge on any atom is -0.497 e. The molecule has 0 fully saturated rings.